The molecule has 3 rings (SSSR count). The minimum absolute atomic E-state index is 0.00656. The van der Waals surface area contributed by atoms with E-state index in [2.05, 4.69) is 24.8 Å². The summed E-state index contributed by atoms with van der Waals surface area (Å²) in [6, 6.07) is 17.4. The maximum Gasteiger partial charge on any atom is 0.308 e. The molecular weight excluding hydrogens is 338 g/mol. The van der Waals surface area contributed by atoms with Crippen LogP contribution >= 0.6 is 0 Å². The number of likely N-dealkylation sites (tertiary alicyclic amines) is 1. The number of carboxylic acids is 1. The minimum Gasteiger partial charge on any atom is -0.508 e. The molecule has 1 unspecified atom stereocenters. The largest absolute Gasteiger partial charge is 0.508 e. The molecular formula is C23H29NO3. The Labute approximate surface area is 161 Å². The van der Waals surface area contributed by atoms with Crippen molar-refractivity contribution in [3.05, 3.63) is 65.7 Å². The van der Waals surface area contributed by atoms with Crippen molar-refractivity contribution in [1.82, 2.24) is 4.90 Å². The summed E-state index contributed by atoms with van der Waals surface area (Å²) in [6.07, 6.45) is 1.51. The third-order valence-corrected chi connectivity index (χ3v) is 6.23. The average molecular weight is 367 g/mol. The van der Waals surface area contributed by atoms with Crippen molar-refractivity contribution in [2.45, 2.75) is 32.1 Å². The lowest BCUT2D eigenvalue weighted by molar-refractivity contribution is -0.142. The van der Waals surface area contributed by atoms with Crippen LogP contribution in [0.25, 0.3) is 0 Å². The van der Waals surface area contributed by atoms with E-state index in [1.807, 2.05) is 42.5 Å². The van der Waals surface area contributed by atoms with Gasteiger partial charge in [0, 0.05) is 13.1 Å². The fraction of sp³-hybridized carbons (Fsp3) is 0.435. The summed E-state index contributed by atoms with van der Waals surface area (Å²) in [6.45, 7) is 6.79. The second kappa shape index (κ2) is 8.13. The number of carbonyl (C=O) groups is 1. The van der Waals surface area contributed by atoms with Gasteiger partial charge in [0.1, 0.15) is 5.75 Å². The first kappa shape index (κ1) is 19.4. The molecule has 1 saturated heterocycles. The Kier molecular flexibility index (Phi) is 5.85. The highest BCUT2D eigenvalue weighted by Gasteiger charge is 2.39. The number of aliphatic carboxylic acids is 1. The molecule has 4 heteroatoms. The molecule has 0 bridgehead atoms. The van der Waals surface area contributed by atoms with Crippen LogP contribution in [0.2, 0.25) is 0 Å². The molecule has 2 N–H and O–H groups in total. The van der Waals surface area contributed by atoms with Crippen LogP contribution in [-0.4, -0.2) is 40.7 Å². The Morgan fingerprint density at radius 1 is 1.22 bits per heavy atom. The van der Waals surface area contributed by atoms with E-state index in [1.54, 1.807) is 6.07 Å². The molecule has 27 heavy (non-hydrogen) atoms. The summed E-state index contributed by atoms with van der Waals surface area (Å²) in [5.74, 6) is -0.450. The predicted octanol–water partition coefficient (Wildman–Crippen LogP) is 3.94. The molecule has 0 amide bonds. The van der Waals surface area contributed by atoms with Crippen LogP contribution in [0.5, 0.6) is 5.75 Å². The maximum atomic E-state index is 11.8. The summed E-state index contributed by atoms with van der Waals surface area (Å²) in [5, 5.41) is 19.5. The molecule has 1 heterocycles. The first-order chi connectivity index (χ1) is 12.9. The van der Waals surface area contributed by atoms with Gasteiger partial charge in [0.15, 0.2) is 0 Å². The standard InChI is InChI=1S/C23H29NO3/c1-17-15-24(12-11-23(17,2)20-9-6-10-21(25)14-20)16-19(22(26)27)13-18-7-4-3-5-8-18/h3-10,14,17,19,25H,11-13,15-16H2,1-2H3,(H,26,27)/t17?,19-,23-/m1/s1. The van der Waals surface area contributed by atoms with Gasteiger partial charge < -0.3 is 15.1 Å². The number of phenolic OH excluding ortho intramolecular Hbond substituents is 1. The third kappa shape index (κ3) is 4.51. The number of piperidine rings is 1. The minimum atomic E-state index is -0.729. The van der Waals surface area contributed by atoms with Crippen LogP contribution in [0.15, 0.2) is 54.6 Å². The first-order valence-corrected chi connectivity index (χ1v) is 9.67. The Morgan fingerprint density at radius 2 is 1.96 bits per heavy atom. The normalized spacial score (nSPS) is 24.4. The smallest absolute Gasteiger partial charge is 0.308 e. The summed E-state index contributed by atoms with van der Waals surface area (Å²) in [5.41, 5.74) is 2.22. The number of nitrogens with zero attached hydrogens (tertiary/aromatic N) is 1. The Bertz CT molecular complexity index is 776. The van der Waals surface area contributed by atoms with Crippen molar-refractivity contribution >= 4 is 5.97 Å². The van der Waals surface area contributed by atoms with Gasteiger partial charge in [-0.3, -0.25) is 4.79 Å². The lowest BCUT2D eigenvalue weighted by Crippen LogP contribution is -2.49. The second-order valence-corrected chi connectivity index (χ2v) is 8.10. The summed E-state index contributed by atoms with van der Waals surface area (Å²) in [7, 11) is 0. The summed E-state index contributed by atoms with van der Waals surface area (Å²) >= 11 is 0. The molecule has 2 aromatic carbocycles. The van der Waals surface area contributed by atoms with Crippen molar-refractivity contribution in [3.8, 4) is 5.75 Å². The van der Waals surface area contributed by atoms with Gasteiger partial charge in [-0.05, 0) is 54.0 Å². The van der Waals surface area contributed by atoms with Gasteiger partial charge in [0.2, 0.25) is 0 Å². The van der Waals surface area contributed by atoms with Crippen LogP contribution < -0.4 is 0 Å². The van der Waals surface area contributed by atoms with E-state index < -0.39 is 11.9 Å². The number of benzene rings is 2. The van der Waals surface area contributed by atoms with Crippen molar-refractivity contribution in [2.75, 3.05) is 19.6 Å². The van der Waals surface area contributed by atoms with Crippen molar-refractivity contribution in [1.29, 1.82) is 0 Å². The quantitative estimate of drug-likeness (QED) is 0.812. The zero-order valence-electron chi connectivity index (χ0n) is 16.1. The fourth-order valence-corrected chi connectivity index (χ4v) is 4.21. The highest BCUT2D eigenvalue weighted by molar-refractivity contribution is 5.70. The molecule has 0 aliphatic carbocycles. The highest BCUT2D eigenvalue weighted by Crippen LogP contribution is 2.40. The lowest BCUT2D eigenvalue weighted by Gasteiger charge is -2.45. The molecule has 144 valence electrons. The van der Waals surface area contributed by atoms with Gasteiger partial charge in [-0.15, -0.1) is 0 Å². The predicted molar refractivity (Wildman–Crippen MR) is 107 cm³/mol. The average Bonchev–Trinajstić information content (AvgIpc) is 2.65. The van der Waals surface area contributed by atoms with E-state index in [0.717, 1.165) is 30.6 Å². The summed E-state index contributed by atoms with van der Waals surface area (Å²) in [4.78, 5) is 14.1. The fourth-order valence-electron chi connectivity index (χ4n) is 4.21. The van der Waals surface area contributed by atoms with E-state index >= 15 is 0 Å². The van der Waals surface area contributed by atoms with Gasteiger partial charge in [0.25, 0.3) is 0 Å². The van der Waals surface area contributed by atoms with Gasteiger partial charge in [-0.1, -0.05) is 56.3 Å². The van der Waals surface area contributed by atoms with Gasteiger partial charge in [0.05, 0.1) is 5.92 Å². The molecule has 3 atom stereocenters. The van der Waals surface area contributed by atoms with E-state index in [1.165, 1.54) is 0 Å². The zero-order chi connectivity index (χ0) is 19.4. The number of phenols is 1. The van der Waals surface area contributed by atoms with Crippen molar-refractivity contribution in [2.24, 2.45) is 11.8 Å². The van der Waals surface area contributed by atoms with Gasteiger partial charge >= 0.3 is 5.97 Å². The number of hydrogen-bond acceptors (Lipinski definition) is 3. The van der Waals surface area contributed by atoms with E-state index in [4.69, 9.17) is 0 Å². The SMILES string of the molecule is CC1CN(C[C@@H](Cc2ccccc2)C(=O)O)CC[C@@]1(C)c1cccc(O)c1. The monoisotopic (exact) mass is 367 g/mol. The van der Waals surface area contributed by atoms with Crippen LogP contribution in [0.1, 0.15) is 31.4 Å². The van der Waals surface area contributed by atoms with E-state index in [0.29, 0.717) is 24.6 Å². The van der Waals surface area contributed by atoms with Crippen LogP contribution in [-0.2, 0) is 16.6 Å². The lowest BCUT2D eigenvalue weighted by atomic mass is 9.68. The van der Waals surface area contributed by atoms with E-state index in [-0.39, 0.29) is 5.41 Å². The van der Waals surface area contributed by atoms with Crippen molar-refractivity contribution < 1.29 is 15.0 Å². The number of carboxylic acid groups (broad SMARTS) is 1. The Hall–Kier alpha value is -2.33. The zero-order valence-corrected chi connectivity index (χ0v) is 16.1. The van der Waals surface area contributed by atoms with Crippen LogP contribution in [0.3, 0.4) is 0 Å². The molecule has 4 nitrogen and oxygen atoms in total. The van der Waals surface area contributed by atoms with E-state index in [9.17, 15) is 15.0 Å². The van der Waals surface area contributed by atoms with Crippen molar-refractivity contribution in [3.63, 3.8) is 0 Å². The number of hydrogen-bond donors (Lipinski definition) is 2. The summed E-state index contributed by atoms with van der Waals surface area (Å²) < 4.78 is 0. The Balaban J connectivity index is 1.67. The molecule has 1 aliphatic rings. The Morgan fingerprint density at radius 3 is 2.59 bits per heavy atom. The van der Waals surface area contributed by atoms with Crippen LogP contribution in [0.4, 0.5) is 0 Å². The molecule has 2 aromatic rings. The van der Waals surface area contributed by atoms with Gasteiger partial charge in [-0.2, -0.15) is 0 Å². The topological polar surface area (TPSA) is 60.8 Å². The molecule has 0 radical (unpaired) electrons. The molecule has 1 fully saturated rings. The highest BCUT2D eigenvalue weighted by atomic mass is 16.4. The molecule has 0 saturated carbocycles. The van der Waals surface area contributed by atoms with Gasteiger partial charge in [-0.25, -0.2) is 0 Å². The third-order valence-electron chi connectivity index (χ3n) is 6.23. The maximum absolute atomic E-state index is 11.8. The van der Waals surface area contributed by atoms with Crippen LogP contribution in [0, 0.1) is 11.8 Å². The molecule has 0 aromatic heterocycles. The molecule has 1 aliphatic heterocycles. The second-order valence-electron chi connectivity index (χ2n) is 8.10. The molecule has 0 spiro atoms. The first-order valence-electron chi connectivity index (χ1n) is 9.67. The number of aromatic hydroxyl groups is 1. The number of rotatable bonds is 6.